The van der Waals surface area contributed by atoms with Crippen molar-refractivity contribution in [3.63, 3.8) is 0 Å². The SMILES string of the molecule is [2H]C1([2H])N(C(=O)C([2H])([2H])[C@]([2H])(N)C([2H])([2H])c2cc(F)c(F)cc2F)Cc2nnc(C(F)(F)F)n2C1([2H])[2H]. The Balaban J connectivity index is 2.12. The Bertz CT molecular complexity index is 1270. The maximum Gasteiger partial charge on any atom is 0.451 e. The van der Waals surface area contributed by atoms with Crippen LogP contribution in [0.15, 0.2) is 12.1 Å². The molecule has 1 atom stereocenters. The van der Waals surface area contributed by atoms with Crippen LogP contribution in [0, 0.1) is 17.5 Å². The van der Waals surface area contributed by atoms with E-state index in [1.54, 1.807) is 0 Å². The van der Waals surface area contributed by atoms with Crippen LogP contribution in [0.5, 0.6) is 0 Å². The van der Waals surface area contributed by atoms with E-state index in [4.69, 9.17) is 18.1 Å². The van der Waals surface area contributed by atoms with Gasteiger partial charge >= 0.3 is 6.18 Å². The maximum absolute atomic E-state index is 14.3. The molecule has 12 heteroatoms. The molecule has 0 saturated carbocycles. The van der Waals surface area contributed by atoms with Crippen molar-refractivity contribution in [1.29, 1.82) is 0 Å². The van der Waals surface area contributed by atoms with Crippen LogP contribution in [0.1, 0.15) is 35.9 Å². The second-order valence-electron chi connectivity index (χ2n) is 5.30. The molecule has 2 N–H and O–H groups in total. The van der Waals surface area contributed by atoms with Crippen molar-refractivity contribution < 1.29 is 43.5 Å². The number of alkyl halides is 3. The molecule has 0 aliphatic carbocycles. The number of fused-ring (bicyclic) bond motifs is 1. The highest BCUT2D eigenvalue weighted by Crippen LogP contribution is 2.29. The molecule has 0 saturated heterocycles. The van der Waals surface area contributed by atoms with Crippen molar-refractivity contribution in [2.45, 2.75) is 38.0 Å². The number of hydrogen-bond donors (Lipinski definition) is 1. The van der Waals surface area contributed by atoms with Crippen LogP contribution in [-0.2, 0) is 30.4 Å². The van der Waals surface area contributed by atoms with Gasteiger partial charge in [0, 0.05) is 38.3 Å². The standard InChI is InChI=1S/C16H15F6N5O/c17-10-6-12(19)11(18)4-8(10)3-9(23)5-14(28)26-1-2-27-13(7-26)24-25-15(27)16(20,21)22/h4,6,9H,1-3,5,7,23H2/t9-/m1/s1/i1D2,2D2,3D2,5D2,9D. The number of carbonyl (C=O) groups is 1. The van der Waals surface area contributed by atoms with Gasteiger partial charge in [-0.05, 0) is 18.0 Å². The van der Waals surface area contributed by atoms with E-state index in [-0.39, 0.29) is 21.6 Å². The van der Waals surface area contributed by atoms with Gasteiger partial charge in [0.25, 0.3) is 0 Å². The first kappa shape index (κ1) is 11.4. The van der Waals surface area contributed by atoms with Gasteiger partial charge in [-0.15, -0.1) is 10.2 Å². The molecule has 0 unspecified atom stereocenters. The van der Waals surface area contributed by atoms with E-state index in [0.29, 0.717) is 0 Å². The molecule has 1 aliphatic heterocycles. The number of carbonyl (C=O) groups excluding carboxylic acids is 1. The largest absolute Gasteiger partial charge is 0.451 e. The normalized spacial score (nSPS) is 26.0. The van der Waals surface area contributed by atoms with E-state index in [1.165, 1.54) is 0 Å². The Hall–Kier alpha value is -2.63. The molecule has 6 nitrogen and oxygen atoms in total. The molecule has 1 aliphatic rings. The van der Waals surface area contributed by atoms with Crippen molar-refractivity contribution in [2.75, 3.05) is 6.50 Å². The first-order valence-electron chi connectivity index (χ1n) is 11.7. The summed E-state index contributed by atoms with van der Waals surface area (Å²) in [7, 11) is 0. The molecule has 0 fully saturated rings. The minimum atomic E-state index is -5.31. The van der Waals surface area contributed by atoms with Crippen LogP contribution in [0.25, 0.3) is 0 Å². The van der Waals surface area contributed by atoms with Crippen molar-refractivity contribution in [3.8, 4) is 0 Å². The molecule has 0 radical (unpaired) electrons. The fraction of sp³-hybridized carbons (Fsp3) is 0.438. The average molecular weight is 416 g/mol. The van der Waals surface area contributed by atoms with Crippen molar-refractivity contribution in [1.82, 2.24) is 19.7 Å². The predicted octanol–water partition coefficient (Wildman–Crippen LogP) is 2.02. The number of amides is 1. The third-order valence-corrected chi connectivity index (χ3v) is 3.35. The Morgan fingerprint density at radius 1 is 1.25 bits per heavy atom. The Labute approximate surface area is 167 Å². The summed E-state index contributed by atoms with van der Waals surface area (Å²) in [6.45, 7) is -8.93. The molecule has 152 valence electrons. The number of halogens is 6. The Kier molecular flexibility index (Phi) is 3.02. The molecule has 2 heterocycles. The van der Waals surface area contributed by atoms with Crippen LogP contribution in [0.2, 0.25) is 0 Å². The van der Waals surface area contributed by atoms with Gasteiger partial charge in [0.1, 0.15) is 5.82 Å². The van der Waals surface area contributed by atoms with Crippen molar-refractivity contribution in [2.24, 2.45) is 5.73 Å². The monoisotopic (exact) mass is 416 g/mol. The lowest BCUT2D eigenvalue weighted by Crippen LogP contribution is -2.42. The molecular formula is C16H15F6N5O. The second-order valence-corrected chi connectivity index (χ2v) is 5.30. The van der Waals surface area contributed by atoms with E-state index in [1.807, 2.05) is 0 Å². The lowest BCUT2D eigenvalue weighted by Gasteiger charge is -2.29. The zero-order valence-electron chi connectivity index (χ0n) is 22.4. The van der Waals surface area contributed by atoms with Gasteiger partial charge in [-0.1, -0.05) is 0 Å². The van der Waals surface area contributed by atoms with Gasteiger partial charge in [-0.3, -0.25) is 4.79 Å². The summed E-state index contributed by atoms with van der Waals surface area (Å²) >= 11 is 0. The van der Waals surface area contributed by atoms with Gasteiger partial charge < -0.3 is 15.2 Å². The highest BCUT2D eigenvalue weighted by atomic mass is 19.4. The van der Waals surface area contributed by atoms with Crippen LogP contribution >= 0.6 is 0 Å². The van der Waals surface area contributed by atoms with E-state index in [0.717, 1.165) is 0 Å². The van der Waals surface area contributed by atoms with Gasteiger partial charge in [0.05, 0.1) is 12.0 Å². The van der Waals surface area contributed by atoms with Gasteiger partial charge in [0.15, 0.2) is 17.5 Å². The van der Waals surface area contributed by atoms with Crippen LogP contribution in [0.4, 0.5) is 26.3 Å². The molecule has 1 aromatic carbocycles. The number of benzene rings is 1. The van der Waals surface area contributed by atoms with Crippen molar-refractivity contribution >= 4 is 5.91 Å². The van der Waals surface area contributed by atoms with Crippen LogP contribution < -0.4 is 5.73 Å². The molecule has 0 bridgehead atoms. The lowest BCUT2D eigenvalue weighted by molar-refractivity contribution is -0.148. The molecule has 2 aromatic rings. The maximum atomic E-state index is 14.3. The minimum Gasteiger partial charge on any atom is -0.333 e. The molecule has 3 rings (SSSR count). The quantitative estimate of drug-likeness (QED) is 0.611. The molecule has 1 aromatic heterocycles. The average Bonchev–Trinajstić information content (AvgIpc) is 3.18. The fourth-order valence-corrected chi connectivity index (χ4v) is 2.11. The zero-order chi connectivity index (χ0) is 28.7. The number of nitrogens with zero attached hydrogens (tertiary/aromatic N) is 4. The number of aromatic nitrogens is 3. The molecule has 28 heavy (non-hydrogen) atoms. The van der Waals surface area contributed by atoms with E-state index in [9.17, 15) is 31.1 Å². The van der Waals surface area contributed by atoms with E-state index >= 15 is 0 Å². The molecular weight excluding hydrogens is 392 g/mol. The smallest absolute Gasteiger partial charge is 0.333 e. The number of nitrogens with two attached hydrogens (primary N) is 1. The summed E-state index contributed by atoms with van der Waals surface area (Å²) in [6, 6.07) is -4.13. The summed E-state index contributed by atoms with van der Waals surface area (Å²) in [5.74, 6) is -10.6. The van der Waals surface area contributed by atoms with E-state index < -0.39 is 85.0 Å². The zero-order valence-corrected chi connectivity index (χ0v) is 13.4. The Morgan fingerprint density at radius 3 is 2.61 bits per heavy atom. The molecule has 0 spiro atoms. The third kappa shape index (κ3) is 4.11. The fourth-order valence-electron chi connectivity index (χ4n) is 2.11. The second kappa shape index (κ2) is 7.41. The number of rotatable bonds is 4. The van der Waals surface area contributed by atoms with Gasteiger partial charge in [0.2, 0.25) is 11.7 Å². The third-order valence-electron chi connectivity index (χ3n) is 3.35. The predicted molar refractivity (Wildman–Crippen MR) is 83.1 cm³/mol. The summed E-state index contributed by atoms with van der Waals surface area (Å²) in [4.78, 5) is 12.8. The minimum absolute atomic E-state index is 0.0681. The summed E-state index contributed by atoms with van der Waals surface area (Å²) in [6.07, 6.45) is -13.2. The lowest BCUT2D eigenvalue weighted by atomic mass is 10.0. The Morgan fingerprint density at radius 2 is 1.93 bits per heavy atom. The van der Waals surface area contributed by atoms with Gasteiger partial charge in [-0.2, -0.15) is 13.2 Å². The highest BCUT2D eigenvalue weighted by Gasteiger charge is 2.39. The summed E-state index contributed by atoms with van der Waals surface area (Å²) in [5, 5.41) is 5.84. The summed E-state index contributed by atoms with van der Waals surface area (Å²) in [5.41, 5.74) is 3.99. The first-order chi connectivity index (χ1) is 16.4. The van der Waals surface area contributed by atoms with Gasteiger partial charge in [-0.25, -0.2) is 13.2 Å². The van der Waals surface area contributed by atoms with Crippen LogP contribution in [0.3, 0.4) is 0 Å². The summed E-state index contributed by atoms with van der Waals surface area (Å²) < 4.78 is 153. The van der Waals surface area contributed by atoms with Crippen LogP contribution in [-0.4, -0.2) is 38.1 Å². The van der Waals surface area contributed by atoms with E-state index in [2.05, 4.69) is 10.2 Å². The number of hydrogen-bond acceptors (Lipinski definition) is 4. The first-order valence-corrected chi connectivity index (χ1v) is 7.22. The van der Waals surface area contributed by atoms with Crippen molar-refractivity contribution in [3.05, 3.63) is 46.8 Å². The molecule has 1 amide bonds. The topological polar surface area (TPSA) is 77.0 Å². The highest BCUT2D eigenvalue weighted by molar-refractivity contribution is 5.76.